The monoisotopic (exact) mass is 353 g/mol. The number of amides is 2. The number of halogens is 1. The Morgan fingerprint density at radius 3 is 2.50 bits per heavy atom. The topological polar surface area (TPSA) is 44.8 Å². The standard InChI is InChI=1S/C18H28ClN3O2/c1-15(16-5-7-17(19)8-6-16)20-18(23)22-12-10-21(11-13-22)9-3-4-14-24-2/h5-8,15H,3-4,9-14H2,1-2H3,(H,20,23)/t15-/m1/s1. The Bertz CT molecular complexity index is 501. The normalized spacial score (nSPS) is 16.9. The predicted molar refractivity (Wildman–Crippen MR) is 97.5 cm³/mol. The van der Waals surface area contributed by atoms with Crippen LogP contribution < -0.4 is 5.32 Å². The second-order valence-electron chi connectivity index (χ2n) is 6.25. The van der Waals surface area contributed by atoms with Crippen LogP contribution in [0, 0.1) is 0 Å². The Labute approximate surface area is 149 Å². The van der Waals surface area contributed by atoms with Gasteiger partial charge < -0.3 is 15.0 Å². The lowest BCUT2D eigenvalue weighted by Crippen LogP contribution is -2.52. The largest absolute Gasteiger partial charge is 0.385 e. The van der Waals surface area contributed by atoms with Gasteiger partial charge in [-0.1, -0.05) is 23.7 Å². The van der Waals surface area contributed by atoms with E-state index >= 15 is 0 Å². The van der Waals surface area contributed by atoms with Crippen molar-refractivity contribution >= 4 is 17.6 Å². The van der Waals surface area contributed by atoms with E-state index < -0.39 is 0 Å². The molecule has 0 saturated carbocycles. The van der Waals surface area contributed by atoms with Crippen molar-refractivity contribution in [2.45, 2.75) is 25.8 Å². The SMILES string of the molecule is COCCCCN1CCN(C(=O)N[C@H](C)c2ccc(Cl)cc2)CC1. The highest BCUT2D eigenvalue weighted by Gasteiger charge is 2.22. The van der Waals surface area contributed by atoms with Crippen molar-refractivity contribution in [3.8, 4) is 0 Å². The fourth-order valence-corrected chi connectivity index (χ4v) is 2.99. The van der Waals surface area contributed by atoms with E-state index in [1.54, 1.807) is 7.11 Å². The molecule has 2 rings (SSSR count). The number of benzene rings is 1. The van der Waals surface area contributed by atoms with Crippen LogP contribution in [-0.4, -0.2) is 62.3 Å². The van der Waals surface area contributed by atoms with Crippen molar-refractivity contribution in [1.29, 1.82) is 0 Å². The van der Waals surface area contributed by atoms with Crippen LogP contribution in [-0.2, 0) is 4.74 Å². The summed E-state index contributed by atoms with van der Waals surface area (Å²) in [5.74, 6) is 0. The first-order chi connectivity index (χ1) is 11.6. The summed E-state index contributed by atoms with van der Waals surface area (Å²) in [6.45, 7) is 7.34. The third kappa shape index (κ3) is 5.96. The first-order valence-corrected chi connectivity index (χ1v) is 9.00. The van der Waals surface area contributed by atoms with Gasteiger partial charge in [0.1, 0.15) is 0 Å². The van der Waals surface area contributed by atoms with Gasteiger partial charge >= 0.3 is 6.03 Å². The van der Waals surface area contributed by atoms with E-state index in [0.717, 1.165) is 57.7 Å². The molecule has 1 aliphatic heterocycles. The van der Waals surface area contributed by atoms with Crippen LogP contribution in [0.15, 0.2) is 24.3 Å². The molecule has 0 bridgehead atoms. The third-order valence-electron chi connectivity index (χ3n) is 4.44. The number of carbonyl (C=O) groups excluding carboxylic acids is 1. The van der Waals surface area contributed by atoms with Crippen molar-refractivity contribution < 1.29 is 9.53 Å². The highest BCUT2D eigenvalue weighted by Crippen LogP contribution is 2.16. The number of carbonyl (C=O) groups is 1. The van der Waals surface area contributed by atoms with E-state index in [2.05, 4.69) is 10.2 Å². The van der Waals surface area contributed by atoms with Gasteiger partial charge in [-0.25, -0.2) is 4.79 Å². The Hall–Kier alpha value is -1.30. The summed E-state index contributed by atoms with van der Waals surface area (Å²) in [5, 5.41) is 3.78. The van der Waals surface area contributed by atoms with Crippen molar-refractivity contribution in [3.05, 3.63) is 34.9 Å². The fourth-order valence-electron chi connectivity index (χ4n) is 2.87. The van der Waals surface area contributed by atoms with Gasteiger partial charge in [0.05, 0.1) is 6.04 Å². The minimum Gasteiger partial charge on any atom is -0.385 e. The van der Waals surface area contributed by atoms with Crippen molar-refractivity contribution in [1.82, 2.24) is 15.1 Å². The van der Waals surface area contributed by atoms with Gasteiger partial charge in [-0.3, -0.25) is 4.90 Å². The minimum atomic E-state index is -0.0261. The number of ether oxygens (including phenoxy) is 1. The Kier molecular flexibility index (Phi) is 7.82. The van der Waals surface area contributed by atoms with Gasteiger partial charge in [0, 0.05) is 44.9 Å². The van der Waals surface area contributed by atoms with Gasteiger partial charge in [-0.05, 0) is 44.0 Å². The molecule has 0 unspecified atom stereocenters. The van der Waals surface area contributed by atoms with Gasteiger partial charge in [-0.15, -0.1) is 0 Å². The van der Waals surface area contributed by atoms with E-state index in [9.17, 15) is 4.79 Å². The zero-order valence-electron chi connectivity index (χ0n) is 14.6. The van der Waals surface area contributed by atoms with Crippen LogP contribution in [0.25, 0.3) is 0 Å². The molecule has 6 heteroatoms. The lowest BCUT2D eigenvalue weighted by atomic mass is 10.1. The van der Waals surface area contributed by atoms with Crippen molar-refractivity contribution in [3.63, 3.8) is 0 Å². The summed E-state index contributed by atoms with van der Waals surface area (Å²) in [6.07, 6.45) is 2.24. The number of hydrogen-bond acceptors (Lipinski definition) is 3. The number of hydrogen-bond donors (Lipinski definition) is 1. The van der Waals surface area contributed by atoms with Gasteiger partial charge in [0.2, 0.25) is 0 Å². The molecule has 0 aliphatic carbocycles. The maximum atomic E-state index is 12.4. The molecule has 1 atom stereocenters. The molecule has 2 amide bonds. The molecular weight excluding hydrogens is 326 g/mol. The van der Waals surface area contributed by atoms with Gasteiger partial charge in [0.15, 0.2) is 0 Å². The summed E-state index contributed by atoms with van der Waals surface area (Å²) in [4.78, 5) is 16.7. The second kappa shape index (κ2) is 9.87. The molecule has 1 aromatic rings. The van der Waals surface area contributed by atoms with Gasteiger partial charge in [0.25, 0.3) is 0 Å². The fraction of sp³-hybridized carbons (Fsp3) is 0.611. The van der Waals surface area contributed by atoms with E-state index in [1.807, 2.05) is 36.1 Å². The molecule has 1 saturated heterocycles. The average Bonchev–Trinajstić information content (AvgIpc) is 2.59. The number of piperazine rings is 1. The number of methoxy groups -OCH3 is 1. The van der Waals surface area contributed by atoms with E-state index in [0.29, 0.717) is 5.02 Å². The first-order valence-electron chi connectivity index (χ1n) is 8.62. The average molecular weight is 354 g/mol. The summed E-state index contributed by atoms with van der Waals surface area (Å²) in [6, 6.07) is 7.58. The number of urea groups is 1. The van der Waals surface area contributed by atoms with Gasteiger partial charge in [-0.2, -0.15) is 0 Å². The summed E-state index contributed by atoms with van der Waals surface area (Å²) >= 11 is 5.90. The molecule has 1 N–H and O–H groups in total. The molecule has 0 spiro atoms. The van der Waals surface area contributed by atoms with Crippen molar-refractivity contribution in [2.24, 2.45) is 0 Å². The molecule has 1 heterocycles. The quantitative estimate of drug-likeness (QED) is 0.766. The van der Waals surface area contributed by atoms with Crippen LogP contribution in [0.4, 0.5) is 4.79 Å². The van der Waals surface area contributed by atoms with E-state index in [4.69, 9.17) is 16.3 Å². The summed E-state index contributed by atoms with van der Waals surface area (Å²) in [5.41, 5.74) is 1.06. The molecule has 5 nitrogen and oxygen atoms in total. The first kappa shape index (κ1) is 19.0. The van der Waals surface area contributed by atoms with Crippen LogP contribution in [0.5, 0.6) is 0 Å². The lowest BCUT2D eigenvalue weighted by Gasteiger charge is -2.35. The van der Waals surface area contributed by atoms with E-state index in [1.165, 1.54) is 0 Å². The third-order valence-corrected chi connectivity index (χ3v) is 4.69. The van der Waals surface area contributed by atoms with Crippen molar-refractivity contribution in [2.75, 3.05) is 46.4 Å². The Morgan fingerprint density at radius 2 is 1.88 bits per heavy atom. The smallest absolute Gasteiger partial charge is 0.317 e. The number of nitrogens with one attached hydrogen (secondary N) is 1. The molecule has 0 radical (unpaired) electrons. The molecule has 1 aromatic carbocycles. The maximum absolute atomic E-state index is 12.4. The molecular formula is C18H28ClN3O2. The highest BCUT2D eigenvalue weighted by molar-refractivity contribution is 6.30. The maximum Gasteiger partial charge on any atom is 0.317 e. The lowest BCUT2D eigenvalue weighted by molar-refractivity contribution is 0.132. The summed E-state index contributed by atoms with van der Waals surface area (Å²) < 4.78 is 5.07. The number of unbranched alkanes of at least 4 members (excludes halogenated alkanes) is 1. The number of nitrogens with zero attached hydrogens (tertiary/aromatic N) is 2. The predicted octanol–water partition coefficient (Wildman–Crippen LogP) is 3.15. The molecule has 1 aliphatic rings. The van der Waals surface area contributed by atoms with Crippen LogP contribution in [0.3, 0.4) is 0 Å². The van der Waals surface area contributed by atoms with Crippen LogP contribution >= 0.6 is 11.6 Å². The minimum absolute atomic E-state index is 0.0106. The van der Waals surface area contributed by atoms with E-state index in [-0.39, 0.29) is 12.1 Å². The Morgan fingerprint density at radius 1 is 1.21 bits per heavy atom. The summed E-state index contributed by atoms with van der Waals surface area (Å²) in [7, 11) is 1.74. The number of rotatable bonds is 7. The zero-order chi connectivity index (χ0) is 17.4. The molecule has 1 fully saturated rings. The zero-order valence-corrected chi connectivity index (χ0v) is 15.4. The van der Waals surface area contributed by atoms with Crippen LogP contribution in [0.1, 0.15) is 31.4 Å². The second-order valence-corrected chi connectivity index (χ2v) is 6.69. The molecule has 0 aromatic heterocycles. The molecule has 24 heavy (non-hydrogen) atoms. The highest BCUT2D eigenvalue weighted by atomic mass is 35.5. The van der Waals surface area contributed by atoms with Crippen LogP contribution in [0.2, 0.25) is 5.02 Å². The Balaban J connectivity index is 1.71. The molecule has 134 valence electrons.